The van der Waals surface area contributed by atoms with Gasteiger partial charge in [-0.2, -0.15) is 0 Å². The average molecular weight is 489 g/mol. The van der Waals surface area contributed by atoms with Gasteiger partial charge in [0, 0.05) is 30.6 Å². The van der Waals surface area contributed by atoms with Crippen LogP contribution in [0.15, 0.2) is 48.5 Å². The minimum absolute atomic E-state index is 0.192. The molecule has 4 atom stereocenters. The van der Waals surface area contributed by atoms with Crippen molar-refractivity contribution in [1.82, 2.24) is 10.2 Å². The van der Waals surface area contributed by atoms with Crippen molar-refractivity contribution in [2.75, 3.05) is 13.1 Å². The lowest BCUT2D eigenvalue weighted by Gasteiger charge is -2.35. The van der Waals surface area contributed by atoms with E-state index in [1.165, 1.54) is 4.90 Å². The number of aliphatic hydroxyl groups is 1. The van der Waals surface area contributed by atoms with Crippen LogP contribution in [0.25, 0.3) is 11.1 Å². The number of carbonyl (C=O) groups excluding carboxylic acids is 2. The molecule has 3 rings (SSSR count). The van der Waals surface area contributed by atoms with Crippen molar-refractivity contribution in [3.05, 3.63) is 59.1 Å². The molecule has 1 fully saturated rings. The van der Waals surface area contributed by atoms with Crippen LogP contribution in [-0.2, 0) is 25.5 Å². The summed E-state index contributed by atoms with van der Waals surface area (Å²) >= 11 is 6.07. The molecule has 0 saturated carbocycles. The fourth-order valence-electron chi connectivity index (χ4n) is 4.08. The summed E-state index contributed by atoms with van der Waals surface area (Å²) in [6, 6.07) is 14.2. The summed E-state index contributed by atoms with van der Waals surface area (Å²) in [5.41, 5.74) is 2.71. The molecule has 1 saturated heterocycles. The molecule has 182 valence electrons. The third-order valence-corrected chi connectivity index (χ3v) is 5.86. The van der Waals surface area contributed by atoms with E-state index in [2.05, 4.69) is 5.32 Å². The second-order valence-electron chi connectivity index (χ2n) is 8.64. The van der Waals surface area contributed by atoms with Crippen LogP contribution in [0.1, 0.15) is 25.8 Å². The summed E-state index contributed by atoms with van der Waals surface area (Å²) in [5, 5.41) is 22.3. The second-order valence-corrected chi connectivity index (χ2v) is 9.08. The molecule has 0 aliphatic carbocycles. The number of benzene rings is 2. The lowest BCUT2D eigenvalue weighted by Crippen LogP contribution is -2.54. The predicted octanol–water partition coefficient (Wildman–Crippen LogP) is 2.51. The Morgan fingerprint density at radius 2 is 1.74 bits per heavy atom. The maximum Gasteiger partial charge on any atom is 0.332 e. The Balaban J connectivity index is 1.71. The zero-order chi connectivity index (χ0) is 24.8. The van der Waals surface area contributed by atoms with E-state index in [-0.39, 0.29) is 25.0 Å². The van der Waals surface area contributed by atoms with Crippen molar-refractivity contribution in [2.24, 2.45) is 0 Å². The van der Waals surface area contributed by atoms with Gasteiger partial charge in [-0.15, -0.1) is 0 Å². The highest BCUT2D eigenvalue weighted by Gasteiger charge is 2.31. The van der Waals surface area contributed by atoms with Crippen LogP contribution in [0, 0.1) is 0 Å². The minimum atomic E-state index is -1.67. The number of carboxylic acids is 1. The van der Waals surface area contributed by atoms with Crippen molar-refractivity contribution in [1.29, 1.82) is 0 Å². The number of carboxylic acid groups (broad SMARTS) is 1. The molecule has 3 N–H and O–H groups in total. The van der Waals surface area contributed by atoms with Gasteiger partial charge in [-0.3, -0.25) is 9.59 Å². The molecule has 34 heavy (non-hydrogen) atoms. The molecule has 0 bridgehead atoms. The fraction of sp³-hybridized carbons (Fsp3) is 0.400. The van der Waals surface area contributed by atoms with Crippen molar-refractivity contribution in [3.8, 4) is 11.1 Å². The number of hydrogen-bond acceptors (Lipinski definition) is 5. The van der Waals surface area contributed by atoms with Crippen molar-refractivity contribution < 1.29 is 29.3 Å². The van der Waals surface area contributed by atoms with Gasteiger partial charge in [0.15, 0.2) is 6.10 Å². The molecule has 0 aromatic heterocycles. The Morgan fingerprint density at radius 3 is 2.32 bits per heavy atom. The van der Waals surface area contributed by atoms with Crippen LogP contribution >= 0.6 is 11.6 Å². The second kappa shape index (κ2) is 11.5. The third kappa shape index (κ3) is 7.03. The first-order chi connectivity index (χ1) is 16.1. The molecule has 2 aromatic rings. The molecule has 1 aliphatic rings. The van der Waals surface area contributed by atoms with Crippen LogP contribution in [0.2, 0.25) is 5.02 Å². The van der Waals surface area contributed by atoms with Gasteiger partial charge in [-0.05, 0) is 49.1 Å². The highest BCUT2D eigenvalue weighted by atomic mass is 35.5. The molecule has 9 heteroatoms. The molecule has 0 unspecified atom stereocenters. The summed E-state index contributed by atoms with van der Waals surface area (Å²) in [6.45, 7) is 4.24. The van der Waals surface area contributed by atoms with E-state index in [9.17, 15) is 19.5 Å². The smallest absolute Gasteiger partial charge is 0.332 e. The maximum atomic E-state index is 12.7. The lowest BCUT2D eigenvalue weighted by atomic mass is 9.97. The van der Waals surface area contributed by atoms with Gasteiger partial charge in [0.05, 0.1) is 12.2 Å². The lowest BCUT2D eigenvalue weighted by molar-refractivity contribution is -0.154. The summed E-state index contributed by atoms with van der Waals surface area (Å²) in [6.07, 6.45) is -2.05. The number of aliphatic hydroxyl groups excluding tert-OH is 1. The van der Waals surface area contributed by atoms with E-state index in [0.717, 1.165) is 16.7 Å². The fourth-order valence-corrected chi connectivity index (χ4v) is 4.27. The van der Waals surface area contributed by atoms with Gasteiger partial charge in [0.2, 0.25) is 0 Å². The van der Waals surface area contributed by atoms with Gasteiger partial charge in [0.25, 0.3) is 0 Å². The van der Waals surface area contributed by atoms with E-state index in [4.69, 9.17) is 21.4 Å². The molecule has 0 spiro atoms. The Morgan fingerprint density at radius 1 is 1.09 bits per heavy atom. The number of aliphatic carboxylic acids is 1. The zero-order valence-electron chi connectivity index (χ0n) is 19.1. The molecule has 1 heterocycles. The standard InChI is InChI=1S/C25H29ClN2O6/c1-15-13-28(14-16(2)34-15)24(31)23(30)27-21(12-22(29)25(32)33)10-17-6-8-18(9-7-17)19-4-3-5-20(26)11-19/h3-9,11,15-16,21-22,29H,10,12-14H2,1-2H3,(H,27,30)(H,32,33)/t15-,16+,21-,22-/m1/s1. The number of carbonyl (C=O) groups is 3. The van der Waals surface area contributed by atoms with Crippen LogP contribution in [0.4, 0.5) is 0 Å². The molecule has 0 radical (unpaired) electrons. The number of halogens is 1. The van der Waals surface area contributed by atoms with Gasteiger partial charge >= 0.3 is 17.8 Å². The van der Waals surface area contributed by atoms with E-state index >= 15 is 0 Å². The van der Waals surface area contributed by atoms with Crippen molar-refractivity contribution >= 4 is 29.4 Å². The molecular formula is C25H29ClN2O6. The Labute approximate surface area is 203 Å². The number of rotatable bonds is 7. The van der Waals surface area contributed by atoms with Crippen LogP contribution < -0.4 is 5.32 Å². The Hall–Kier alpha value is -2.94. The van der Waals surface area contributed by atoms with Gasteiger partial charge in [-0.25, -0.2) is 4.79 Å². The monoisotopic (exact) mass is 488 g/mol. The first-order valence-corrected chi connectivity index (χ1v) is 11.5. The van der Waals surface area contributed by atoms with Crippen LogP contribution in [0.5, 0.6) is 0 Å². The first kappa shape index (κ1) is 25.7. The summed E-state index contributed by atoms with van der Waals surface area (Å²) in [7, 11) is 0. The average Bonchev–Trinajstić information content (AvgIpc) is 2.78. The number of nitrogens with one attached hydrogen (secondary N) is 1. The van der Waals surface area contributed by atoms with E-state index < -0.39 is 29.9 Å². The molecule has 2 aromatic carbocycles. The number of nitrogens with zero attached hydrogens (tertiary/aromatic N) is 1. The van der Waals surface area contributed by atoms with E-state index in [1.807, 2.05) is 56.3 Å². The van der Waals surface area contributed by atoms with Gasteiger partial charge < -0.3 is 25.2 Å². The van der Waals surface area contributed by atoms with E-state index in [0.29, 0.717) is 18.1 Å². The third-order valence-electron chi connectivity index (χ3n) is 5.62. The highest BCUT2D eigenvalue weighted by Crippen LogP contribution is 2.23. The van der Waals surface area contributed by atoms with E-state index in [1.54, 1.807) is 6.07 Å². The topological polar surface area (TPSA) is 116 Å². The number of hydrogen-bond donors (Lipinski definition) is 3. The first-order valence-electron chi connectivity index (χ1n) is 11.1. The summed E-state index contributed by atoms with van der Waals surface area (Å²) < 4.78 is 5.60. The van der Waals surface area contributed by atoms with Gasteiger partial charge in [-0.1, -0.05) is 48.0 Å². The maximum absolute atomic E-state index is 12.7. The zero-order valence-corrected chi connectivity index (χ0v) is 19.9. The van der Waals surface area contributed by atoms with Crippen LogP contribution in [-0.4, -0.2) is 70.3 Å². The van der Waals surface area contributed by atoms with Crippen molar-refractivity contribution in [2.45, 2.75) is 51.0 Å². The summed E-state index contributed by atoms with van der Waals surface area (Å²) in [5.74, 6) is -2.93. The number of ether oxygens (including phenoxy) is 1. The normalized spacial score (nSPS) is 19.8. The SMILES string of the molecule is C[C@@H]1CN(C(=O)C(=O)N[C@H](Cc2ccc(-c3cccc(Cl)c3)cc2)C[C@@H](O)C(=O)O)C[C@H](C)O1. The predicted molar refractivity (Wildman–Crippen MR) is 127 cm³/mol. The minimum Gasteiger partial charge on any atom is -0.479 e. The van der Waals surface area contributed by atoms with Gasteiger partial charge in [0.1, 0.15) is 0 Å². The van der Waals surface area contributed by atoms with Crippen molar-refractivity contribution in [3.63, 3.8) is 0 Å². The molecule has 1 aliphatic heterocycles. The Bertz CT molecular complexity index is 1020. The Kier molecular flexibility index (Phi) is 8.66. The molecule has 8 nitrogen and oxygen atoms in total. The molecular weight excluding hydrogens is 460 g/mol. The number of amides is 2. The quantitative estimate of drug-likeness (QED) is 0.516. The van der Waals surface area contributed by atoms with Crippen LogP contribution in [0.3, 0.4) is 0 Å². The molecule has 2 amide bonds. The summed E-state index contributed by atoms with van der Waals surface area (Å²) in [4.78, 5) is 38.0. The number of morpholine rings is 1. The largest absolute Gasteiger partial charge is 0.479 e. The highest BCUT2D eigenvalue weighted by molar-refractivity contribution is 6.35.